The van der Waals surface area contributed by atoms with E-state index >= 15 is 0 Å². The predicted molar refractivity (Wildman–Crippen MR) is 78.7 cm³/mol. The van der Waals surface area contributed by atoms with E-state index in [0.717, 1.165) is 4.90 Å². The minimum absolute atomic E-state index is 0.0825. The normalized spacial score (nSPS) is 10.3. The molecule has 0 aliphatic rings. The number of aromatic nitrogens is 1. The first-order chi connectivity index (χ1) is 9.52. The highest BCUT2D eigenvalue weighted by Crippen LogP contribution is 2.20. The lowest BCUT2D eigenvalue weighted by molar-refractivity contribution is 0.0697. The van der Waals surface area contributed by atoms with E-state index in [-0.39, 0.29) is 17.2 Å². The molecule has 0 spiro atoms. The quantitative estimate of drug-likeness (QED) is 0.756. The van der Waals surface area contributed by atoms with Crippen LogP contribution in [0.3, 0.4) is 0 Å². The van der Waals surface area contributed by atoms with Crippen LogP contribution in [0.5, 0.6) is 0 Å². The molecule has 0 saturated carbocycles. The first-order valence-corrected chi connectivity index (χ1v) is 7.12. The van der Waals surface area contributed by atoms with Gasteiger partial charge in [-0.1, -0.05) is 0 Å². The van der Waals surface area contributed by atoms with Gasteiger partial charge in [0, 0.05) is 22.3 Å². The predicted octanol–water partition coefficient (Wildman–Crippen LogP) is 3.00. The first kappa shape index (κ1) is 14.2. The molecule has 1 aromatic carbocycles. The van der Waals surface area contributed by atoms with Crippen molar-refractivity contribution < 1.29 is 14.7 Å². The van der Waals surface area contributed by atoms with Crippen LogP contribution in [0.1, 0.15) is 26.4 Å². The van der Waals surface area contributed by atoms with E-state index < -0.39 is 5.97 Å². The molecule has 0 unspecified atom stereocenters. The fraction of sp³-hybridized carbons (Fsp3) is 0.143. The maximum Gasteiger partial charge on any atom is 0.339 e. The maximum absolute atomic E-state index is 12.1. The number of carboxylic acid groups (broad SMARTS) is 1. The zero-order valence-electron chi connectivity index (χ0n) is 11.1. The third kappa shape index (κ3) is 2.85. The lowest BCUT2D eigenvalue weighted by Crippen LogP contribution is -2.13. The number of thioether (sulfide) groups is 1. The average molecular weight is 290 g/mol. The van der Waals surface area contributed by atoms with Crippen LogP contribution in [0.15, 0.2) is 35.4 Å². The number of aryl methyl sites for hydroxylation is 1. The van der Waals surface area contributed by atoms with Crippen molar-refractivity contribution in [1.29, 1.82) is 0 Å². The highest BCUT2D eigenvalue weighted by atomic mass is 32.2. The second kappa shape index (κ2) is 5.83. The SMILES string of the molecule is CSc1ccc(C(=O)Nc2c[nH]c(C)c2C(=O)O)cc1. The molecule has 3 N–H and O–H groups in total. The number of carboxylic acids is 1. The highest BCUT2D eigenvalue weighted by molar-refractivity contribution is 7.98. The monoisotopic (exact) mass is 290 g/mol. The third-order valence-electron chi connectivity index (χ3n) is 2.89. The molecule has 2 aromatic rings. The van der Waals surface area contributed by atoms with Crippen molar-refractivity contribution in [2.75, 3.05) is 11.6 Å². The lowest BCUT2D eigenvalue weighted by atomic mass is 10.2. The maximum atomic E-state index is 12.1. The van der Waals surface area contributed by atoms with Crippen molar-refractivity contribution in [3.8, 4) is 0 Å². The molecule has 5 nitrogen and oxygen atoms in total. The zero-order valence-corrected chi connectivity index (χ0v) is 11.9. The van der Waals surface area contributed by atoms with E-state index in [2.05, 4.69) is 10.3 Å². The van der Waals surface area contributed by atoms with Crippen LogP contribution in [-0.2, 0) is 0 Å². The van der Waals surface area contributed by atoms with Gasteiger partial charge in [-0.15, -0.1) is 11.8 Å². The van der Waals surface area contributed by atoms with Gasteiger partial charge < -0.3 is 15.4 Å². The van der Waals surface area contributed by atoms with Gasteiger partial charge in [0.25, 0.3) is 5.91 Å². The molecule has 1 aromatic heterocycles. The largest absolute Gasteiger partial charge is 0.478 e. The minimum Gasteiger partial charge on any atom is -0.478 e. The molecule has 0 bridgehead atoms. The number of aromatic carboxylic acids is 1. The van der Waals surface area contributed by atoms with E-state index in [1.54, 1.807) is 30.8 Å². The molecule has 0 aliphatic carbocycles. The molecule has 20 heavy (non-hydrogen) atoms. The van der Waals surface area contributed by atoms with Crippen molar-refractivity contribution >= 4 is 29.3 Å². The number of carbonyl (C=O) groups excluding carboxylic acids is 1. The van der Waals surface area contributed by atoms with Gasteiger partial charge >= 0.3 is 5.97 Å². The van der Waals surface area contributed by atoms with Crippen molar-refractivity contribution in [1.82, 2.24) is 4.98 Å². The van der Waals surface area contributed by atoms with Crippen molar-refractivity contribution in [2.24, 2.45) is 0 Å². The Kier molecular flexibility index (Phi) is 4.14. The van der Waals surface area contributed by atoms with E-state index in [9.17, 15) is 9.59 Å². The van der Waals surface area contributed by atoms with Crippen LogP contribution in [0, 0.1) is 6.92 Å². The summed E-state index contributed by atoms with van der Waals surface area (Å²) in [5.41, 5.74) is 1.34. The van der Waals surface area contributed by atoms with Gasteiger partial charge in [0.15, 0.2) is 0 Å². The first-order valence-electron chi connectivity index (χ1n) is 5.89. The summed E-state index contributed by atoms with van der Waals surface area (Å²) in [6, 6.07) is 7.11. The zero-order chi connectivity index (χ0) is 14.7. The Labute approximate surface area is 120 Å². The summed E-state index contributed by atoms with van der Waals surface area (Å²) < 4.78 is 0. The Morgan fingerprint density at radius 3 is 2.45 bits per heavy atom. The van der Waals surface area contributed by atoms with Crippen molar-refractivity contribution in [3.05, 3.63) is 47.3 Å². The summed E-state index contributed by atoms with van der Waals surface area (Å²) in [5, 5.41) is 11.7. The lowest BCUT2D eigenvalue weighted by Gasteiger charge is -2.05. The van der Waals surface area contributed by atoms with Crippen LogP contribution in [0.2, 0.25) is 0 Å². The summed E-state index contributed by atoms with van der Waals surface area (Å²) in [6.07, 6.45) is 3.43. The number of benzene rings is 1. The summed E-state index contributed by atoms with van der Waals surface area (Å²) in [7, 11) is 0. The van der Waals surface area contributed by atoms with Gasteiger partial charge in [0.2, 0.25) is 0 Å². The van der Waals surface area contributed by atoms with E-state index in [0.29, 0.717) is 11.3 Å². The number of carbonyl (C=O) groups is 2. The van der Waals surface area contributed by atoms with Gasteiger partial charge in [-0.3, -0.25) is 4.79 Å². The number of aromatic amines is 1. The number of amides is 1. The summed E-state index contributed by atoms with van der Waals surface area (Å²) in [5.74, 6) is -1.41. The van der Waals surface area contributed by atoms with Crippen LogP contribution in [0.25, 0.3) is 0 Å². The van der Waals surface area contributed by atoms with Crippen molar-refractivity contribution in [2.45, 2.75) is 11.8 Å². The molecule has 6 heteroatoms. The molecule has 0 aliphatic heterocycles. The highest BCUT2D eigenvalue weighted by Gasteiger charge is 2.17. The molecular formula is C14H14N2O3S. The van der Waals surface area contributed by atoms with E-state index in [1.807, 2.05) is 18.4 Å². The number of hydrogen-bond donors (Lipinski definition) is 3. The number of rotatable bonds is 4. The van der Waals surface area contributed by atoms with E-state index in [1.165, 1.54) is 6.20 Å². The Morgan fingerprint density at radius 1 is 1.25 bits per heavy atom. The summed E-state index contributed by atoms with van der Waals surface area (Å²) in [4.78, 5) is 27.1. The van der Waals surface area contributed by atoms with Crippen LogP contribution in [-0.4, -0.2) is 28.2 Å². The standard InChI is InChI=1S/C14H14N2O3S/c1-8-12(14(18)19)11(7-15-8)16-13(17)9-3-5-10(20-2)6-4-9/h3-7,15H,1-2H3,(H,16,17)(H,18,19). The minimum atomic E-state index is -1.07. The summed E-state index contributed by atoms with van der Waals surface area (Å²) in [6.45, 7) is 1.65. The average Bonchev–Trinajstić information content (AvgIpc) is 2.79. The molecule has 0 radical (unpaired) electrons. The van der Waals surface area contributed by atoms with Gasteiger partial charge in [0.05, 0.1) is 5.69 Å². The molecule has 104 valence electrons. The second-order valence-electron chi connectivity index (χ2n) is 4.19. The number of hydrogen-bond acceptors (Lipinski definition) is 3. The topological polar surface area (TPSA) is 82.2 Å². The molecule has 2 rings (SSSR count). The van der Waals surface area contributed by atoms with Crippen molar-refractivity contribution in [3.63, 3.8) is 0 Å². The number of nitrogens with one attached hydrogen (secondary N) is 2. The van der Waals surface area contributed by atoms with Gasteiger partial charge in [-0.25, -0.2) is 4.79 Å². The van der Waals surface area contributed by atoms with Crippen LogP contribution < -0.4 is 5.32 Å². The van der Waals surface area contributed by atoms with Gasteiger partial charge in [-0.05, 0) is 37.4 Å². The number of anilines is 1. The Hall–Kier alpha value is -2.21. The fourth-order valence-corrected chi connectivity index (χ4v) is 2.25. The third-order valence-corrected chi connectivity index (χ3v) is 3.64. The molecule has 0 saturated heterocycles. The molecule has 1 amide bonds. The Morgan fingerprint density at radius 2 is 1.90 bits per heavy atom. The second-order valence-corrected chi connectivity index (χ2v) is 5.07. The summed E-state index contributed by atoms with van der Waals surface area (Å²) >= 11 is 1.59. The number of H-pyrrole nitrogens is 1. The molecule has 1 heterocycles. The Bertz CT molecular complexity index is 647. The van der Waals surface area contributed by atoms with Crippen LogP contribution in [0.4, 0.5) is 5.69 Å². The van der Waals surface area contributed by atoms with Gasteiger partial charge in [0.1, 0.15) is 5.56 Å². The fourth-order valence-electron chi connectivity index (χ4n) is 1.84. The van der Waals surface area contributed by atoms with Gasteiger partial charge in [-0.2, -0.15) is 0 Å². The molecule has 0 atom stereocenters. The smallest absolute Gasteiger partial charge is 0.339 e. The Balaban J connectivity index is 2.21. The molecular weight excluding hydrogens is 276 g/mol. The van der Waals surface area contributed by atoms with E-state index in [4.69, 9.17) is 5.11 Å². The molecule has 0 fully saturated rings. The van der Waals surface area contributed by atoms with Crippen LogP contribution >= 0.6 is 11.8 Å².